The van der Waals surface area contributed by atoms with Crippen LogP contribution in [-0.2, 0) is 9.59 Å². The second kappa shape index (κ2) is 9.49. The second-order valence-corrected chi connectivity index (χ2v) is 7.96. The van der Waals surface area contributed by atoms with Crippen LogP contribution in [0.5, 0.6) is 11.5 Å². The number of benzene rings is 2. The van der Waals surface area contributed by atoms with Gasteiger partial charge in [-0.15, -0.1) is 0 Å². The molecule has 1 fully saturated rings. The number of carbonyl (C=O) groups is 2. The molecule has 2 aromatic rings. The zero-order valence-corrected chi connectivity index (χ0v) is 19.3. The summed E-state index contributed by atoms with van der Waals surface area (Å²) in [7, 11) is 1.50. The van der Waals surface area contributed by atoms with Crippen LogP contribution in [0.15, 0.2) is 42.0 Å². The van der Waals surface area contributed by atoms with E-state index in [-0.39, 0.29) is 10.7 Å². The van der Waals surface area contributed by atoms with Crippen molar-refractivity contribution in [2.75, 3.05) is 18.6 Å². The number of ether oxygens (including phenoxy) is 2. The average Bonchev–Trinajstić information content (AvgIpc) is 2.73. The van der Waals surface area contributed by atoms with Gasteiger partial charge in [0.1, 0.15) is 5.57 Å². The van der Waals surface area contributed by atoms with Gasteiger partial charge in [0.25, 0.3) is 11.8 Å². The lowest BCUT2D eigenvalue weighted by molar-refractivity contribution is -0.122. The first-order valence-electron chi connectivity index (χ1n) is 9.78. The van der Waals surface area contributed by atoms with E-state index < -0.39 is 11.8 Å². The maximum absolute atomic E-state index is 13.2. The van der Waals surface area contributed by atoms with Crippen LogP contribution in [0, 0.1) is 0 Å². The average molecular weight is 459 g/mol. The van der Waals surface area contributed by atoms with E-state index in [1.54, 1.807) is 12.1 Å². The number of hydrogen-bond donors (Lipinski definition) is 1. The molecule has 0 aromatic heterocycles. The van der Waals surface area contributed by atoms with Gasteiger partial charge in [-0.25, -0.2) is 0 Å². The van der Waals surface area contributed by atoms with Crippen LogP contribution in [0.2, 0.25) is 5.02 Å². The van der Waals surface area contributed by atoms with E-state index in [0.29, 0.717) is 40.3 Å². The molecule has 0 atom stereocenters. The monoisotopic (exact) mass is 458 g/mol. The molecule has 31 heavy (non-hydrogen) atoms. The van der Waals surface area contributed by atoms with E-state index >= 15 is 0 Å². The molecule has 1 aliphatic heterocycles. The smallest absolute Gasteiger partial charge is 0.270 e. The molecular formula is C23H23ClN2O4S. The van der Waals surface area contributed by atoms with Gasteiger partial charge >= 0.3 is 0 Å². The summed E-state index contributed by atoms with van der Waals surface area (Å²) in [5.41, 5.74) is 2.06. The maximum atomic E-state index is 13.2. The quantitative estimate of drug-likeness (QED) is 0.386. The predicted molar refractivity (Wildman–Crippen MR) is 126 cm³/mol. The molecule has 3 rings (SSSR count). The second-order valence-electron chi connectivity index (χ2n) is 7.16. The number of carbonyl (C=O) groups excluding carboxylic acids is 2. The molecule has 1 aliphatic rings. The van der Waals surface area contributed by atoms with Gasteiger partial charge in [-0.2, -0.15) is 0 Å². The third-order valence-corrected chi connectivity index (χ3v) is 5.41. The highest BCUT2D eigenvalue weighted by Crippen LogP contribution is 2.35. The number of nitrogens with one attached hydrogen (secondary N) is 1. The van der Waals surface area contributed by atoms with Crippen LogP contribution in [0.1, 0.15) is 37.8 Å². The fourth-order valence-electron chi connectivity index (χ4n) is 3.15. The summed E-state index contributed by atoms with van der Waals surface area (Å²) in [6.07, 6.45) is 1.43. The first-order valence-corrected chi connectivity index (χ1v) is 10.6. The number of amides is 2. The maximum Gasteiger partial charge on any atom is 0.270 e. The van der Waals surface area contributed by atoms with Crippen molar-refractivity contribution in [3.05, 3.63) is 58.1 Å². The van der Waals surface area contributed by atoms with Gasteiger partial charge in [0.05, 0.1) is 24.4 Å². The predicted octanol–water partition coefficient (Wildman–Crippen LogP) is 4.70. The van der Waals surface area contributed by atoms with Gasteiger partial charge in [0.15, 0.2) is 16.6 Å². The van der Waals surface area contributed by atoms with Crippen LogP contribution >= 0.6 is 23.8 Å². The number of anilines is 1. The van der Waals surface area contributed by atoms with E-state index in [1.807, 2.05) is 31.2 Å². The summed E-state index contributed by atoms with van der Waals surface area (Å²) in [5.74, 6) is 0.150. The van der Waals surface area contributed by atoms with Crippen molar-refractivity contribution < 1.29 is 19.1 Å². The van der Waals surface area contributed by atoms with Gasteiger partial charge < -0.3 is 9.47 Å². The molecule has 8 heteroatoms. The Morgan fingerprint density at radius 1 is 1.16 bits per heavy atom. The fourth-order valence-corrected chi connectivity index (χ4v) is 3.63. The fraction of sp³-hybridized carbons (Fsp3) is 0.261. The van der Waals surface area contributed by atoms with Crippen molar-refractivity contribution in [2.45, 2.75) is 26.7 Å². The molecule has 2 amide bonds. The Balaban J connectivity index is 2.01. The Morgan fingerprint density at radius 2 is 1.84 bits per heavy atom. The molecule has 0 bridgehead atoms. The highest BCUT2D eigenvalue weighted by molar-refractivity contribution is 7.80. The van der Waals surface area contributed by atoms with E-state index in [9.17, 15) is 9.59 Å². The summed E-state index contributed by atoms with van der Waals surface area (Å²) < 4.78 is 10.9. The zero-order valence-electron chi connectivity index (χ0n) is 17.7. The molecule has 0 unspecified atom stereocenters. The topological polar surface area (TPSA) is 67.9 Å². The van der Waals surface area contributed by atoms with Crippen LogP contribution in [0.25, 0.3) is 6.08 Å². The summed E-state index contributed by atoms with van der Waals surface area (Å²) >= 11 is 11.6. The Labute approximate surface area is 191 Å². The minimum Gasteiger partial charge on any atom is -0.493 e. The van der Waals surface area contributed by atoms with E-state index in [4.69, 9.17) is 33.3 Å². The Morgan fingerprint density at radius 3 is 2.42 bits per heavy atom. The van der Waals surface area contributed by atoms with Gasteiger partial charge in [-0.3, -0.25) is 19.8 Å². The first-order chi connectivity index (χ1) is 14.8. The molecule has 1 saturated heterocycles. The van der Waals surface area contributed by atoms with E-state index in [0.717, 1.165) is 5.56 Å². The Kier molecular flexibility index (Phi) is 6.97. The zero-order chi connectivity index (χ0) is 22.7. The summed E-state index contributed by atoms with van der Waals surface area (Å²) in [4.78, 5) is 27.1. The van der Waals surface area contributed by atoms with Gasteiger partial charge in [0, 0.05) is 6.07 Å². The Bertz CT molecular complexity index is 1060. The molecule has 0 radical (unpaired) electrons. The van der Waals surface area contributed by atoms with Gasteiger partial charge in [-0.1, -0.05) is 37.6 Å². The van der Waals surface area contributed by atoms with Crippen molar-refractivity contribution in [1.29, 1.82) is 0 Å². The van der Waals surface area contributed by atoms with Crippen molar-refractivity contribution in [3.8, 4) is 11.5 Å². The molecule has 0 saturated carbocycles. The van der Waals surface area contributed by atoms with Crippen molar-refractivity contribution >= 4 is 52.5 Å². The third kappa shape index (κ3) is 4.73. The summed E-state index contributed by atoms with van der Waals surface area (Å²) in [6.45, 7) is 6.46. The van der Waals surface area contributed by atoms with E-state index in [1.165, 1.54) is 18.1 Å². The highest BCUT2D eigenvalue weighted by atomic mass is 35.5. The van der Waals surface area contributed by atoms with Crippen LogP contribution in [0.4, 0.5) is 5.69 Å². The highest BCUT2D eigenvalue weighted by Gasteiger charge is 2.34. The third-order valence-electron chi connectivity index (χ3n) is 4.80. The molecular weight excluding hydrogens is 436 g/mol. The standard InChI is InChI=1S/C23H23ClN2O4S/c1-5-30-20-12-18(24)15(11-19(20)29-4)10-17-21(27)25-23(31)26(22(17)28)16-8-6-14(7-9-16)13(2)3/h6-13H,5H2,1-4H3,(H,25,27,31)/b17-10+. The number of thiocarbonyl (C=S) groups is 1. The minimum atomic E-state index is -0.589. The molecule has 2 aromatic carbocycles. The lowest BCUT2D eigenvalue weighted by atomic mass is 10.0. The summed E-state index contributed by atoms with van der Waals surface area (Å²) in [5, 5.41) is 2.92. The van der Waals surface area contributed by atoms with Crippen molar-refractivity contribution in [3.63, 3.8) is 0 Å². The number of hydrogen-bond acceptors (Lipinski definition) is 5. The van der Waals surface area contributed by atoms with E-state index in [2.05, 4.69) is 19.2 Å². The number of nitrogens with zero attached hydrogens (tertiary/aromatic N) is 1. The Hall–Kier alpha value is -2.90. The van der Waals surface area contributed by atoms with Crippen molar-refractivity contribution in [1.82, 2.24) is 5.32 Å². The van der Waals surface area contributed by atoms with Crippen LogP contribution in [0.3, 0.4) is 0 Å². The molecule has 1 N–H and O–H groups in total. The molecule has 0 aliphatic carbocycles. The largest absolute Gasteiger partial charge is 0.493 e. The lowest BCUT2D eigenvalue weighted by Gasteiger charge is -2.29. The number of rotatable bonds is 6. The van der Waals surface area contributed by atoms with Gasteiger partial charge in [0.2, 0.25) is 0 Å². The van der Waals surface area contributed by atoms with Crippen molar-refractivity contribution in [2.24, 2.45) is 0 Å². The number of halogens is 1. The normalized spacial score (nSPS) is 15.5. The molecule has 162 valence electrons. The molecule has 0 spiro atoms. The number of methoxy groups -OCH3 is 1. The van der Waals surface area contributed by atoms with Crippen LogP contribution < -0.4 is 19.7 Å². The van der Waals surface area contributed by atoms with Gasteiger partial charge in [-0.05, 0) is 60.5 Å². The summed E-state index contributed by atoms with van der Waals surface area (Å²) in [6, 6.07) is 10.7. The lowest BCUT2D eigenvalue weighted by Crippen LogP contribution is -2.54. The first kappa shape index (κ1) is 22.8. The molecule has 6 nitrogen and oxygen atoms in total. The SMILES string of the molecule is CCOc1cc(Cl)c(/C=C2\C(=O)NC(=S)N(c3ccc(C(C)C)cc3)C2=O)cc1OC. The van der Waals surface area contributed by atoms with Crippen LogP contribution in [-0.4, -0.2) is 30.6 Å². The molecule has 1 heterocycles. The minimum absolute atomic E-state index is 0.0276.